The summed E-state index contributed by atoms with van der Waals surface area (Å²) in [5.74, 6) is -0.190. The highest BCUT2D eigenvalue weighted by molar-refractivity contribution is 7.09. The summed E-state index contributed by atoms with van der Waals surface area (Å²) >= 11 is 7.57. The van der Waals surface area contributed by atoms with Gasteiger partial charge in [-0.2, -0.15) is 0 Å². The summed E-state index contributed by atoms with van der Waals surface area (Å²) in [6.07, 6.45) is 3.08. The number of aryl methyl sites for hydroxylation is 1. The van der Waals surface area contributed by atoms with Crippen LogP contribution in [0.4, 0.5) is 5.69 Å². The maximum Gasteiger partial charge on any atom is 0.339 e. The van der Waals surface area contributed by atoms with Crippen molar-refractivity contribution >= 4 is 46.6 Å². The third-order valence-electron chi connectivity index (χ3n) is 4.00. The summed E-state index contributed by atoms with van der Waals surface area (Å²) in [4.78, 5) is 28.2. The summed E-state index contributed by atoms with van der Waals surface area (Å²) in [5, 5.41) is 5.92. The number of thiazole rings is 1. The van der Waals surface area contributed by atoms with E-state index in [2.05, 4.69) is 15.0 Å². The van der Waals surface area contributed by atoms with Crippen molar-refractivity contribution in [1.82, 2.24) is 4.98 Å². The van der Waals surface area contributed by atoms with Crippen molar-refractivity contribution in [3.05, 3.63) is 80.8 Å². The van der Waals surface area contributed by atoms with Crippen LogP contribution in [0.1, 0.15) is 26.6 Å². The van der Waals surface area contributed by atoms with Crippen molar-refractivity contribution in [3.63, 3.8) is 0 Å². The second-order valence-corrected chi connectivity index (χ2v) is 7.69. The molecule has 154 valence electrons. The van der Waals surface area contributed by atoms with Crippen LogP contribution in [0.25, 0.3) is 6.08 Å². The minimum Gasteiger partial charge on any atom is -0.487 e. The zero-order valence-corrected chi connectivity index (χ0v) is 17.9. The molecule has 8 heteroatoms. The average molecular weight is 443 g/mol. The molecule has 0 radical (unpaired) electrons. The summed E-state index contributed by atoms with van der Waals surface area (Å²) < 4.78 is 10.4. The monoisotopic (exact) mass is 442 g/mol. The number of esters is 1. The van der Waals surface area contributed by atoms with Gasteiger partial charge in [0.2, 0.25) is 5.91 Å². The summed E-state index contributed by atoms with van der Waals surface area (Å²) in [7, 11) is 1.27. The number of nitrogens with zero attached hydrogens (tertiary/aromatic N) is 1. The van der Waals surface area contributed by atoms with E-state index in [-0.39, 0.29) is 16.5 Å². The van der Waals surface area contributed by atoms with Crippen molar-refractivity contribution < 1.29 is 19.1 Å². The molecule has 0 saturated heterocycles. The SMILES string of the molecule is COC(=O)c1cc(NC(=O)C=Cc2ccc(OCc3csc(C)n3)cc2)ccc1Cl. The molecule has 0 unspecified atom stereocenters. The van der Waals surface area contributed by atoms with Crippen LogP contribution in [0.5, 0.6) is 5.75 Å². The fraction of sp³-hybridized carbons (Fsp3) is 0.136. The van der Waals surface area contributed by atoms with Gasteiger partial charge >= 0.3 is 5.97 Å². The number of halogens is 1. The van der Waals surface area contributed by atoms with E-state index in [1.54, 1.807) is 23.5 Å². The number of carbonyl (C=O) groups excluding carboxylic acids is 2. The van der Waals surface area contributed by atoms with Crippen LogP contribution >= 0.6 is 22.9 Å². The lowest BCUT2D eigenvalue weighted by Crippen LogP contribution is -2.09. The average Bonchev–Trinajstić information content (AvgIpc) is 3.17. The number of methoxy groups -OCH3 is 1. The Morgan fingerprint density at radius 1 is 1.20 bits per heavy atom. The van der Waals surface area contributed by atoms with E-state index < -0.39 is 5.97 Å². The highest BCUT2D eigenvalue weighted by Crippen LogP contribution is 2.21. The first-order valence-electron chi connectivity index (χ1n) is 8.95. The molecule has 0 fully saturated rings. The molecule has 6 nitrogen and oxygen atoms in total. The molecule has 0 saturated carbocycles. The maximum absolute atomic E-state index is 12.2. The number of rotatable bonds is 7. The van der Waals surface area contributed by atoms with Crippen molar-refractivity contribution in [3.8, 4) is 5.75 Å². The minimum absolute atomic E-state index is 0.185. The molecular formula is C22H19ClN2O4S. The topological polar surface area (TPSA) is 77.5 Å². The van der Waals surface area contributed by atoms with Gasteiger partial charge in [-0.15, -0.1) is 11.3 Å². The standard InChI is InChI=1S/C22H19ClN2O4S/c1-14-24-17(13-30-14)12-29-18-7-3-15(4-8-18)5-10-21(26)25-16-6-9-20(23)19(11-16)22(27)28-2/h3-11,13H,12H2,1-2H3,(H,25,26). The first kappa shape index (κ1) is 21.5. The van der Waals surface area contributed by atoms with Gasteiger partial charge in [-0.1, -0.05) is 23.7 Å². The molecule has 2 aromatic carbocycles. The summed E-state index contributed by atoms with van der Waals surface area (Å²) in [6.45, 7) is 2.37. The molecule has 3 aromatic rings. The van der Waals surface area contributed by atoms with Crippen LogP contribution in [-0.4, -0.2) is 24.0 Å². The van der Waals surface area contributed by atoms with E-state index >= 15 is 0 Å². The Morgan fingerprint density at radius 3 is 2.63 bits per heavy atom. The number of ether oxygens (including phenoxy) is 2. The number of anilines is 1. The number of aromatic nitrogens is 1. The molecule has 1 amide bonds. The minimum atomic E-state index is -0.570. The fourth-order valence-electron chi connectivity index (χ4n) is 2.53. The molecule has 0 atom stereocenters. The lowest BCUT2D eigenvalue weighted by Gasteiger charge is -2.07. The molecular weight excluding hydrogens is 424 g/mol. The Morgan fingerprint density at radius 2 is 1.97 bits per heavy atom. The maximum atomic E-state index is 12.2. The van der Waals surface area contributed by atoms with Gasteiger partial charge in [-0.3, -0.25) is 4.79 Å². The zero-order chi connectivity index (χ0) is 21.5. The second kappa shape index (κ2) is 10.0. The Balaban J connectivity index is 1.56. The van der Waals surface area contributed by atoms with Crippen LogP contribution in [-0.2, 0) is 16.1 Å². The fourth-order valence-corrected chi connectivity index (χ4v) is 3.32. The van der Waals surface area contributed by atoms with Crippen LogP contribution in [0.2, 0.25) is 5.02 Å². The molecule has 0 aliphatic carbocycles. The van der Waals surface area contributed by atoms with Crippen LogP contribution in [0.15, 0.2) is 53.9 Å². The molecule has 3 rings (SSSR count). The Labute approximate surface area is 183 Å². The van der Waals surface area contributed by atoms with E-state index in [1.807, 2.05) is 36.6 Å². The van der Waals surface area contributed by atoms with Gasteiger partial charge in [-0.05, 0) is 48.9 Å². The van der Waals surface area contributed by atoms with Crippen molar-refractivity contribution in [2.75, 3.05) is 12.4 Å². The Bertz CT molecular complexity index is 1080. The number of nitrogens with one attached hydrogen (secondary N) is 1. The number of amides is 1. The third kappa shape index (κ3) is 5.92. The number of carbonyl (C=O) groups is 2. The predicted octanol–water partition coefficient (Wildman–Crippen LogP) is 5.12. The first-order chi connectivity index (χ1) is 14.4. The van der Waals surface area contributed by atoms with Crippen molar-refractivity contribution in [2.24, 2.45) is 0 Å². The molecule has 1 heterocycles. The molecule has 0 spiro atoms. The first-order valence-corrected chi connectivity index (χ1v) is 10.2. The smallest absolute Gasteiger partial charge is 0.339 e. The van der Waals surface area contributed by atoms with Crippen molar-refractivity contribution in [1.29, 1.82) is 0 Å². The summed E-state index contributed by atoms with van der Waals surface area (Å²) in [5.41, 5.74) is 2.36. The zero-order valence-electron chi connectivity index (χ0n) is 16.3. The van der Waals surface area contributed by atoms with Gasteiger partial charge in [0, 0.05) is 17.1 Å². The molecule has 30 heavy (non-hydrogen) atoms. The quantitative estimate of drug-likeness (QED) is 0.405. The van der Waals surface area contributed by atoms with Gasteiger partial charge in [0.15, 0.2) is 0 Å². The van der Waals surface area contributed by atoms with Gasteiger partial charge in [0.1, 0.15) is 12.4 Å². The number of benzene rings is 2. The normalized spacial score (nSPS) is 10.8. The van der Waals surface area contributed by atoms with Crippen molar-refractivity contribution in [2.45, 2.75) is 13.5 Å². The largest absolute Gasteiger partial charge is 0.487 e. The van der Waals surface area contributed by atoms with E-state index in [1.165, 1.54) is 25.3 Å². The molecule has 1 N–H and O–H groups in total. The highest BCUT2D eigenvalue weighted by Gasteiger charge is 2.12. The van der Waals surface area contributed by atoms with E-state index in [0.29, 0.717) is 12.3 Å². The lowest BCUT2D eigenvalue weighted by atomic mass is 10.2. The third-order valence-corrected chi connectivity index (χ3v) is 5.15. The van der Waals surface area contributed by atoms with E-state index in [9.17, 15) is 9.59 Å². The van der Waals surface area contributed by atoms with Crippen LogP contribution in [0.3, 0.4) is 0 Å². The number of hydrogen-bond acceptors (Lipinski definition) is 6. The Kier molecular flexibility index (Phi) is 7.21. The summed E-state index contributed by atoms with van der Waals surface area (Å²) in [6, 6.07) is 12.0. The molecule has 0 bridgehead atoms. The highest BCUT2D eigenvalue weighted by atomic mass is 35.5. The van der Waals surface area contributed by atoms with E-state index in [4.69, 9.17) is 16.3 Å². The van der Waals surface area contributed by atoms with Gasteiger partial charge < -0.3 is 14.8 Å². The van der Waals surface area contributed by atoms with Gasteiger partial charge in [0.25, 0.3) is 0 Å². The van der Waals surface area contributed by atoms with Crippen LogP contribution < -0.4 is 10.1 Å². The van der Waals surface area contributed by atoms with Gasteiger partial charge in [-0.25, -0.2) is 9.78 Å². The second-order valence-electron chi connectivity index (χ2n) is 6.22. The predicted molar refractivity (Wildman–Crippen MR) is 118 cm³/mol. The lowest BCUT2D eigenvalue weighted by molar-refractivity contribution is -0.111. The van der Waals surface area contributed by atoms with Gasteiger partial charge in [0.05, 0.1) is 28.4 Å². The molecule has 0 aliphatic rings. The Hall–Kier alpha value is -3.16. The number of hydrogen-bond donors (Lipinski definition) is 1. The molecule has 0 aliphatic heterocycles. The van der Waals surface area contributed by atoms with E-state index in [0.717, 1.165) is 22.0 Å². The van der Waals surface area contributed by atoms with Crippen LogP contribution in [0, 0.1) is 6.92 Å². The molecule has 1 aromatic heterocycles.